The first-order valence-electron chi connectivity index (χ1n) is 10.1. The Morgan fingerprint density at radius 2 is 1.10 bits per heavy atom. The molecule has 3 rings (SSSR count). The molecular weight excluding hydrogens is 499 g/mol. The molecule has 1 aliphatic rings. The average Bonchev–Trinajstić information content (AvgIpc) is 3.32. The molecule has 29 heavy (non-hydrogen) atoms. The van der Waals surface area contributed by atoms with Crippen LogP contribution in [0.2, 0.25) is 0 Å². The molecule has 0 saturated carbocycles. The van der Waals surface area contributed by atoms with E-state index in [9.17, 15) is 4.79 Å². The molecule has 0 radical (unpaired) electrons. The number of aliphatic carboxylic acids is 1. The Hall–Kier alpha value is -0.532. The van der Waals surface area contributed by atoms with E-state index in [1.165, 1.54) is 55.6 Å². The van der Waals surface area contributed by atoms with Crippen molar-refractivity contribution in [3.8, 4) is 0 Å². The molecule has 1 N–H and O–H groups in total. The van der Waals surface area contributed by atoms with Crippen molar-refractivity contribution in [3.05, 3.63) is 55.6 Å². The van der Waals surface area contributed by atoms with E-state index in [-0.39, 0.29) is 40.4 Å². The molecule has 1 heterocycles. The molecule has 1 fully saturated rings. The molecule has 2 aromatic carbocycles. The van der Waals surface area contributed by atoms with Crippen LogP contribution in [0.5, 0.6) is 0 Å². The maximum absolute atomic E-state index is 10.1. The second-order valence-electron chi connectivity index (χ2n) is 8.09. The van der Waals surface area contributed by atoms with Crippen LogP contribution in [0.25, 0.3) is 0 Å². The van der Waals surface area contributed by atoms with Crippen LogP contribution in [0, 0.1) is 110 Å². The molecule has 0 bridgehead atoms. The summed E-state index contributed by atoms with van der Waals surface area (Å²) in [5.41, 5.74) is 14.7. The molecule has 3 nitrogen and oxygen atoms in total. The van der Waals surface area contributed by atoms with Gasteiger partial charge in [0.25, 0.3) is 0 Å². The second kappa shape index (κ2) is 12.4. The predicted molar refractivity (Wildman–Crippen MR) is 118 cm³/mol. The Balaban J connectivity index is 0.000000401. The number of carbonyl (C=O) groups is 1. The van der Waals surface area contributed by atoms with Gasteiger partial charge in [-0.05, 0) is 12.8 Å². The normalized spacial score (nSPS) is 15.0. The summed E-state index contributed by atoms with van der Waals surface area (Å²) < 4.78 is 4.81. The van der Waals surface area contributed by atoms with Gasteiger partial charge in [-0.2, -0.15) is 55.6 Å². The van der Waals surface area contributed by atoms with Crippen LogP contribution >= 0.6 is 0 Å². The summed E-state index contributed by atoms with van der Waals surface area (Å²) in [6.07, 6.45) is 1.04. The van der Waals surface area contributed by atoms with Gasteiger partial charge in [-0.3, -0.25) is 0 Å². The van der Waals surface area contributed by atoms with E-state index in [2.05, 4.69) is 69.2 Å². The standard InChI is InChI=1S/2C10H15.C5H8O3.Sm/c2*1-6-7(2)9(4)10(5)8(6)3;6-5(7)4-2-1-3-8-4;/h2*1-5H3;4H,1-3H2,(H,6,7);/q2*-1;;. The zero-order valence-electron chi connectivity index (χ0n) is 19.9. The van der Waals surface area contributed by atoms with Crippen LogP contribution in [0.15, 0.2) is 0 Å². The van der Waals surface area contributed by atoms with Gasteiger partial charge in [0, 0.05) is 47.0 Å². The Morgan fingerprint density at radius 1 is 0.793 bits per heavy atom. The summed E-state index contributed by atoms with van der Waals surface area (Å²) in [6, 6.07) is 0. The number of hydrogen-bond acceptors (Lipinski definition) is 2. The van der Waals surface area contributed by atoms with Crippen molar-refractivity contribution in [2.75, 3.05) is 6.61 Å². The van der Waals surface area contributed by atoms with Gasteiger partial charge in [-0.1, -0.05) is 69.2 Å². The second-order valence-corrected chi connectivity index (χ2v) is 8.09. The fourth-order valence-corrected chi connectivity index (χ4v) is 3.58. The van der Waals surface area contributed by atoms with Crippen molar-refractivity contribution in [2.45, 2.75) is 88.2 Å². The van der Waals surface area contributed by atoms with E-state index in [0.717, 1.165) is 6.42 Å². The Morgan fingerprint density at radius 3 is 1.21 bits per heavy atom. The van der Waals surface area contributed by atoms with Crippen LogP contribution in [-0.2, 0) is 9.53 Å². The van der Waals surface area contributed by atoms with E-state index in [1.54, 1.807) is 0 Å². The molecule has 0 aromatic heterocycles. The molecule has 0 spiro atoms. The van der Waals surface area contributed by atoms with Crippen molar-refractivity contribution < 1.29 is 55.0 Å². The molecule has 1 atom stereocenters. The maximum atomic E-state index is 10.1. The number of rotatable bonds is 1. The van der Waals surface area contributed by atoms with Gasteiger partial charge in [0.1, 0.15) is 0 Å². The maximum Gasteiger partial charge on any atom is 0.332 e. The topological polar surface area (TPSA) is 46.5 Å². The average molecular weight is 537 g/mol. The molecule has 164 valence electrons. The first-order valence-corrected chi connectivity index (χ1v) is 10.1. The van der Waals surface area contributed by atoms with E-state index < -0.39 is 12.1 Å². The zero-order valence-corrected chi connectivity index (χ0v) is 22.5. The summed E-state index contributed by atoms with van der Waals surface area (Å²) in [6.45, 7) is 22.6. The number of ether oxygens (including phenoxy) is 1. The van der Waals surface area contributed by atoms with E-state index in [4.69, 9.17) is 9.84 Å². The van der Waals surface area contributed by atoms with Crippen molar-refractivity contribution in [1.29, 1.82) is 0 Å². The minimum Gasteiger partial charge on any atom is -0.479 e. The van der Waals surface area contributed by atoms with Gasteiger partial charge in [-0.25, -0.2) is 4.79 Å². The van der Waals surface area contributed by atoms with Crippen molar-refractivity contribution in [3.63, 3.8) is 0 Å². The third-order valence-corrected chi connectivity index (χ3v) is 6.83. The van der Waals surface area contributed by atoms with Crippen molar-refractivity contribution >= 4 is 5.97 Å². The van der Waals surface area contributed by atoms with Crippen LogP contribution in [0.4, 0.5) is 0 Å². The van der Waals surface area contributed by atoms with Crippen LogP contribution in [0.3, 0.4) is 0 Å². The molecule has 2 aromatic rings. The molecule has 0 aliphatic carbocycles. The molecular formula is C25H38O3Sm-2. The number of carboxylic acid groups (broad SMARTS) is 1. The molecule has 0 amide bonds. The minimum absolute atomic E-state index is 0. The quantitative estimate of drug-likeness (QED) is 0.445. The molecule has 4 heteroatoms. The van der Waals surface area contributed by atoms with Gasteiger partial charge < -0.3 is 9.84 Å². The van der Waals surface area contributed by atoms with Gasteiger partial charge >= 0.3 is 5.97 Å². The minimum atomic E-state index is -0.831. The largest absolute Gasteiger partial charge is 0.479 e. The molecule has 1 saturated heterocycles. The number of hydrogen-bond donors (Lipinski definition) is 1. The number of carboxylic acids is 1. The fourth-order valence-electron chi connectivity index (χ4n) is 3.58. The van der Waals surface area contributed by atoms with Gasteiger partial charge in [0.15, 0.2) is 6.10 Å². The summed E-state index contributed by atoms with van der Waals surface area (Å²) >= 11 is 0. The first-order chi connectivity index (χ1) is 12.9. The summed E-state index contributed by atoms with van der Waals surface area (Å²) in [4.78, 5) is 10.1. The first kappa shape index (κ1) is 28.5. The van der Waals surface area contributed by atoms with Crippen LogP contribution < -0.4 is 0 Å². The van der Waals surface area contributed by atoms with E-state index in [1.807, 2.05) is 0 Å². The Labute approximate surface area is 210 Å². The molecule has 1 aliphatic heterocycles. The SMILES string of the molecule is Cc1c(C)c(C)[c-](C)c1C.Cc1c(C)c(C)[c-](C)c1C.O=C(O)C1CCCO1.[Sm]. The van der Waals surface area contributed by atoms with Gasteiger partial charge in [-0.15, -0.1) is 0 Å². The van der Waals surface area contributed by atoms with Gasteiger partial charge in [0.05, 0.1) is 0 Å². The van der Waals surface area contributed by atoms with E-state index >= 15 is 0 Å². The summed E-state index contributed by atoms with van der Waals surface area (Å²) in [5, 5.41) is 8.29. The monoisotopic (exact) mass is 538 g/mol. The van der Waals surface area contributed by atoms with Gasteiger partial charge in [0.2, 0.25) is 0 Å². The van der Waals surface area contributed by atoms with Crippen LogP contribution in [-0.4, -0.2) is 23.8 Å². The summed E-state index contributed by atoms with van der Waals surface area (Å²) in [5.74, 6) is -0.831. The predicted octanol–water partition coefficient (Wildman–Crippen LogP) is 6.15. The van der Waals surface area contributed by atoms with Crippen molar-refractivity contribution in [1.82, 2.24) is 0 Å². The van der Waals surface area contributed by atoms with Crippen molar-refractivity contribution in [2.24, 2.45) is 0 Å². The third kappa shape index (κ3) is 6.99. The van der Waals surface area contributed by atoms with E-state index in [0.29, 0.717) is 13.0 Å². The fraction of sp³-hybridized carbons (Fsp3) is 0.560. The Bertz CT molecular complexity index is 601. The molecule has 1 unspecified atom stereocenters. The van der Waals surface area contributed by atoms with Crippen LogP contribution in [0.1, 0.15) is 68.5 Å². The smallest absolute Gasteiger partial charge is 0.332 e. The third-order valence-electron chi connectivity index (χ3n) is 6.83. The Kier molecular flexibility index (Phi) is 12.1. The zero-order chi connectivity index (χ0) is 21.8. The summed E-state index contributed by atoms with van der Waals surface area (Å²) in [7, 11) is 0.